The summed E-state index contributed by atoms with van der Waals surface area (Å²) in [5.41, 5.74) is 0.992. The fraction of sp³-hybridized carbons (Fsp3) is 0.125. The van der Waals surface area contributed by atoms with Crippen molar-refractivity contribution in [2.75, 3.05) is 0 Å². The van der Waals surface area contributed by atoms with Crippen LogP contribution in [0.25, 0.3) is 0 Å². The average molecular weight is 295 g/mol. The van der Waals surface area contributed by atoms with Gasteiger partial charge >= 0.3 is 6.18 Å². The molecule has 2 aromatic rings. The van der Waals surface area contributed by atoms with Gasteiger partial charge in [0.25, 0.3) is 0 Å². The fourth-order valence-corrected chi connectivity index (χ4v) is 3.73. The molecule has 0 saturated carbocycles. The van der Waals surface area contributed by atoms with Crippen molar-refractivity contribution in [3.05, 3.63) is 71.6 Å². The first-order valence-corrected chi connectivity index (χ1v) is 7.36. The molecule has 2 rings (SSSR count). The van der Waals surface area contributed by atoms with Crippen molar-refractivity contribution in [2.24, 2.45) is 0 Å². The molecule has 4 heteroatoms. The molecule has 104 valence electrons. The lowest BCUT2D eigenvalue weighted by Gasteiger charge is -2.06. The lowest BCUT2D eigenvalue weighted by atomic mass is 10.2. The Morgan fingerprint density at radius 1 is 0.900 bits per heavy atom. The fourth-order valence-electron chi connectivity index (χ4n) is 1.79. The van der Waals surface area contributed by atoms with Crippen molar-refractivity contribution in [3.63, 3.8) is 0 Å². The summed E-state index contributed by atoms with van der Waals surface area (Å²) in [7, 11) is -0.710. The number of halogens is 3. The van der Waals surface area contributed by atoms with Gasteiger partial charge in [0, 0.05) is 5.56 Å². The van der Waals surface area contributed by atoms with Gasteiger partial charge in [-0.2, -0.15) is 13.2 Å². The highest BCUT2D eigenvalue weighted by molar-refractivity contribution is 7.99. The lowest BCUT2D eigenvalue weighted by Crippen LogP contribution is -2.06. The molecule has 0 nitrogen and oxygen atoms in total. The SMILES string of the molecule is Cc1ccccc1[S+](C=CC(F)(F)F)c1ccccc1. The molecule has 0 fully saturated rings. The van der Waals surface area contributed by atoms with Crippen molar-refractivity contribution in [1.82, 2.24) is 0 Å². The molecule has 0 aliphatic carbocycles. The first kappa shape index (κ1) is 14.7. The van der Waals surface area contributed by atoms with Crippen molar-refractivity contribution >= 4 is 10.9 Å². The maximum atomic E-state index is 12.5. The summed E-state index contributed by atoms with van der Waals surface area (Å²) in [4.78, 5) is 1.79. The molecule has 0 radical (unpaired) electrons. The van der Waals surface area contributed by atoms with Crippen molar-refractivity contribution < 1.29 is 13.2 Å². The maximum Gasteiger partial charge on any atom is 0.413 e. The monoisotopic (exact) mass is 295 g/mol. The summed E-state index contributed by atoms with van der Waals surface area (Å²) in [6, 6.07) is 16.8. The van der Waals surface area contributed by atoms with Gasteiger partial charge in [-0.25, -0.2) is 0 Å². The molecule has 20 heavy (non-hydrogen) atoms. The van der Waals surface area contributed by atoms with E-state index in [0.717, 1.165) is 15.4 Å². The van der Waals surface area contributed by atoms with Crippen LogP contribution in [-0.2, 0) is 10.9 Å². The van der Waals surface area contributed by atoms with Gasteiger partial charge in [-0.15, -0.1) is 0 Å². The molecular formula is C16H14F3S+. The summed E-state index contributed by atoms with van der Waals surface area (Å²) in [5.74, 6) is 0. The largest absolute Gasteiger partial charge is 0.413 e. The van der Waals surface area contributed by atoms with Crippen molar-refractivity contribution in [2.45, 2.75) is 22.9 Å². The van der Waals surface area contributed by atoms with Crippen molar-refractivity contribution in [3.8, 4) is 0 Å². The standard InChI is InChI=1S/C16H14F3S/c1-13-7-5-6-10-15(13)20(12-11-16(17,18)19)14-8-3-2-4-9-14/h2-12H,1H3/q+1. The van der Waals surface area contributed by atoms with E-state index in [1.54, 1.807) is 0 Å². The number of hydrogen-bond acceptors (Lipinski definition) is 0. The third kappa shape index (κ3) is 3.90. The van der Waals surface area contributed by atoms with E-state index in [0.29, 0.717) is 6.08 Å². The third-order valence-electron chi connectivity index (χ3n) is 2.72. The zero-order chi connectivity index (χ0) is 14.6. The normalized spacial score (nSPS) is 13.6. The zero-order valence-electron chi connectivity index (χ0n) is 10.9. The Kier molecular flexibility index (Phi) is 4.55. The molecule has 0 N–H and O–H groups in total. The van der Waals surface area contributed by atoms with Crippen molar-refractivity contribution in [1.29, 1.82) is 0 Å². The van der Waals surface area contributed by atoms with E-state index in [1.165, 1.54) is 5.41 Å². The Balaban J connectivity index is 2.45. The van der Waals surface area contributed by atoms with Gasteiger partial charge in [0.05, 0.1) is 17.0 Å². The smallest absolute Gasteiger partial charge is 0.167 e. The molecule has 0 aromatic heterocycles. The number of rotatable bonds is 3. The molecule has 2 aromatic carbocycles. The number of alkyl halides is 3. The second kappa shape index (κ2) is 6.18. The predicted octanol–water partition coefficient (Wildman–Crippen LogP) is 5.11. The van der Waals surface area contributed by atoms with Crippen LogP contribution in [0.15, 0.2) is 75.9 Å². The Hall–Kier alpha value is -1.68. The minimum Gasteiger partial charge on any atom is -0.167 e. The quantitative estimate of drug-likeness (QED) is 0.690. The number of benzene rings is 2. The summed E-state index contributed by atoms with van der Waals surface area (Å²) in [6.07, 6.45) is -3.96. The Bertz CT molecular complexity index is 588. The van der Waals surface area contributed by atoms with Gasteiger partial charge in [-0.1, -0.05) is 36.4 Å². The molecule has 0 spiro atoms. The molecule has 1 atom stereocenters. The summed E-state index contributed by atoms with van der Waals surface area (Å²) < 4.78 is 37.4. The minimum atomic E-state index is -4.29. The van der Waals surface area contributed by atoms with Gasteiger partial charge < -0.3 is 0 Å². The van der Waals surface area contributed by atoms with Gasteiger partial charge in [-0.3, -0.25) is 0 Å². The van der Waals surface area contributed by atoms with E-state index in [1.807, 2.05) is 61.5 Å². The van der Waals surface area contributed by atoms with Crippen LogP contribution in [0.1, 0.15) is 5.56 Å². The minimum absolute atomic E-state index is 0.329. The van der Waals surface area contributed by atoms with E-state index < -0.39 is 17.1 Å². The van der Waals surface area contributed by atoms with E-state index in [2.05, 4.69) is 0 Å². The molecular weight excluding hydrogens is 281 g/mol. The molecule has 0 aliphatic heterocycles. The molecule has 0 heterocycles. The summed E-state index contributed by atoms with van der Waals surface area (Å²) >= 11 is 0. The third-order valence-corrected chi connectivity index (χ3v) is 4.84. The highest BCUT2D eigenvalue weighted by Gasteiger charge is 2.29. The topological polar surface area (TPSA) is 0 Å². The molecule has 1 unspecified atom stereocenters. The maximum absolute atomic E-state index is 12.5. The Labute approximate surface area is 119 Å². The lowest BCUT2D eigenvalue weighted by molar-refractivity contribution is -0.0796. The van der Waals surface area contributed by atoms with Crippen LogP contribution in [0, 0.1) is 6.92 Å². The Morgan fingerprint density at radius 3 is 2.10 bits per heavy atom. The predicted molar refractivity (Wildman–Crippen MR) is 76.7 cm³/mol. The first-order valence-electron chi connectivity index (χ1n) is 6.07. The highest BCUT2D eigenvalue weighted by atomic mass is 32.2. The average Bonchev–Trinajstić information content (AvgIpc) is 2.41. The highest BCUT2D eigenvalue weighted by Crippen LogP contribution is 2.29. The van der Waals surface area contributed by atoms with E-state index >= 15 is 0 Å². The second-order valence-corrected chi connectivity index (χ2v) is 6.12. The van der Waals surface area contributed by atoms with E-state index in [4.69, 9.17) is 0 Å². The Morgan fingerprint density at radius 2 is 1.50 bits per heavy atom. The molecule has 0 aliphatic rings. The van der Waals surface area contributed by atoms with Gasteiger partial charge in [0.15, 0.2) is 9.79 Å². The van der Waals surface area contributed by atoms with Gasteiger partial charge in [0.2, 0.25) is 0 Å². The van der Waals surface area contributed by atoms with Crippen LogP contribution >= 0.6 is 0 Å². The van der Waals surface area contributed by atoms with Crippen LogP contribution in [-0.4, -0.2) is 6.18 Å². The summed E-state index contributed by atoms with van der Waals surface area (Å²) in [6.45, 7) is 1.92. The number of aryl methyl sites for hydroxylation is 1. The summed E-state index contributed by atoms with van der Waals surface area (Å²) in [5, 5.41) is 1.25. The van der Waals surface area contributed by atoms with Crippen LogP contribution < -0.4 is 0 Å². The van der Waals surface area contributed by atoms with Gasteiger partial charge in [0.1, 0.15) is 5.41 Å². The first-order chi connectivity index (χ1) is 9.47. The molecule has 0 bridgehead atoms. The van der Waals surface area contributed by atoms with E-state index in [9.17, 15) is 13.2 Å². The van der Waals surface area contributed by atoms with Crippen LogP contribution in [0.5, 0.6) is 0 Å². The second-order valence-electron chi connectivity index (χ2n) is 4.26. The van der Waals surface area contributed by atoms with E-state index in [-0.39, 0.29) is 0 Å². The van der Waals surface area contributed by atoms with Gasteiger partial charge in [-0.05, 0) is 25.1 Å². The molecule has 0 saturated heterocycles. The van der Waals surface area contributed by atoms with Crippen LogP contribution in [0.4, 0.5) is 13.2 Å². The molecule has 0 amide bonds. The van der Waals surface area contributed by atoms with Crippen LogP contribution in [0.3, 0.4) is 0 Å². The zero-order valence-corrected chi connectivity index (χ0v) is 11.7. The number of allylic oxidation sites excluding steroid dienone is 1. The van der Waals surface area contributed by atoms with Crippen LogP contribution in [0.2, 0.25) is 0 Å². The number of hydrogen-bond donors (Lipinski definition) is 0.